The van der Waals surface area contributed by atoms with Crippen LogP contribution in [-0.4, -0.2) is 99.7 Å². The quantitative estimate of drug-likeness (QED) is 0.730. The molecule has 0 bridgehead atoms. The number of carbonyl (C=O) groups is 2. The molecule has 31 heavy (non-hydrogen) atoms. The van der Waals surface area contributed by atoms with Crippen LogP contribution in [0.4, 0.5) is 10.6 Å². The summed E-state index contributed by atoms with van der Waals surface area (Å²) >= 11 is 0. The fraction of sp³-hybridized carbons (Fsp3) is 0.727. The third-order valence-corrected chi connectivity index (χ3v) is 7.05. The summed E-state index contributed by atoms with van der Waals surface area (Å²) in [6.45, 7) is 10.2. The molecule has 0 radical (unpaired) electrons. The van der Waals surface area contributed by atoms with Crippen LogP contribution in [0, 0.1) is 0 Å². The molecule has 3 aliphatic rings. The highest BCUT2D eigenvalue weighted by Gasteiger charge is 2.37. The molecule has 170 valence electrons. The second-order valence-electron chi connectivity index (χ2n) is 8.90. The summed E-state index contributed by atoms with van der Waals surface area (Å²) in [5, 5.41) is 9.03. The fourth-order valence-electron chi connectivity index (χ4n) is 5.06. The van der Waals surface area contributed by atoms with Crippen molar-refractivity contribution in [3.05, 3.63) is 17.6 Å². The smallest absolute Gasteiger partial charge is 0.326 e. The lowest BCUT2D eigenvalue weighted by atomic mass is 10.0. The first-order valence-corrected chi connectivity index (χ1v) is 11.6. The van der Waals surface area contributed by atoms with E-state index in [2.05, 4.69) is 21.7 Å². The van der Waals surface area contributed by atoms with Gasteiger partial charge < -0.3 is 14.9 Å². The SMILES string of the molecule is CCN1CCc2ncc(N3CCN(C4CCN(C(C)CC(=O)O)CC4)C3=O)nc2CC1. The summed E-state index contributed by atoms with van der Waals surface area (Å²) in [4.78, 5) is 42.1. The lowest BCUT2D eigenvalue weighted by Gasteiger charge is -2.38. The molecule has 0 aliphatic carbocycles. The molecule has 1 N–H and O–H groups in total. The number of likely N-dealkylation sites (N-methyl/N-ethyl adjacent to an activating group) is 1. The molecule has 9 nitrogen and oxygen atoms in total. The molecular formula is C22H34N6O3. The van der Waals surface area contributed by atoms with Gasteiger partial charge >= 0.3 is 12.0 Å². The highest BCUT2D eigenvalue weighted by Crippen LogP contribution is 2.26. The van der Waals surface area contributed by atoms with E-state index in [9.17, 15) is 9.59 Å². The van der Waals surface area contributed by atoms with Gasteiger partial charge in [-0.2, -0.15) is 0 Å². The maximum absolute atomic E-state index is 13.2. The number of urea groups is 1. The molecule has 1 aromatic rings. The topological polar surface area (TPSA) is 93.1 Å². The molecule has 3 aliphatic heterocycles. The van der Waals surface area contributed by atoms with E-state index in [1.54, 1.807) is 11.1 Å². The van der Waals surface area contributed by atoms with Crippen LogP contribution in [0.3, 0.4) is 0 Å². The zero-order valence-electron chi connectivity index (χ0n) is 18.7. The maximum atomic E-state index is 13.2. The van der Waals surface area contributed by atoms with Crippen LogP contribution in [0.5, 0.6) is 0 Å². The Bertz CT molecular complexity index is 810. The highest BCUT2D eigenvalue weighted by atomic mass is 16.4. The first-order valence-electron chi connectivity index (χ1n) is 11.6. The summed E-state index contributed by atoms with van der Waals surface area (Å²) in [6, 6.07) is 0.260. The number of carbonyl (C=O) groups excluding carboxylic acids is 1. The second-order valence-corrected chi connectivity index (χ2v) is 8.90. The van der Waals surface area contributed by atoms with Crippen molar-refractivity contribution in [2.45, 2.75) is 58.0 Å². The van der Waals surface area contributed by atoms with Crippen LogP contribution in [0.2, 0.25) is 0 Å². The average molecular weight is 431 g/mol. The predicted octanol–water partition coefficient (Wildman–Crippen LogP) is 1.47. The van der Waals surface area contributed by atoms with Crippen LogP contribution in [-0.2, 0) is 17.6 Å². The van der Waals surface area contributed by atoms with Gasteiger partial charge in [-0.3, -0.25) is 19.6 Å². The van der Waals surface area contributed by atoms with E-state index >= 15 is 0 Å². The van der Waals surface area contributed by atoms with Crippen LogP contribution in [0.15, 0.2) is 6.20 Å². The number of likely N-dealkylation sites (tertiary alicyclic amines) is 1. The van der Waals surface area contributed by atoms with Crippen molar-refractivity contribution < 1.29 is 14.7 Å². The van der Waals surface area contributed by atoms with E-state index in [1.807, 2.05) is 11.8 Å². The van der Waals surface area contributed by atoms with Gasteiger partial charge in [-0.05, 0) is 26.3 Å². The normalized spacial score (nSPS) is 22.5. The van der Waals surface area contributed by atoms with Crippen LogP contribution < -0.4 is 4.90 Å². The van der Waals surface area contributed by atoms with Crippen LogP contribution >= 0.6 is 0 Å². The number of fused-ring (bicyclic) bond motifs is 1. The zero-order chi connectivity index (χ0) is 22.0. The van der Waals surface area contributed by atoms with Gasteiger partial charge in [-0.1, -0.05) is 6.92 Å². The third kappa shape index (κ3) is 4.82. The summed E-state index contributed by atoms with van der Waals surface area (Å²) < 4.78 is 0. The van der Waals surface area contributed by atoms with Crippen molar-refractivity contribution in [3.8, 4) is 0 Å². The van der Waals surface area contributed by atoms with Gasteiger partial charge in [0.1, 0.15) is 0 Å². The van der Waals surface area contributed by atoms with Gasteiger partial charge in [0.2, 0.25) is 0 Å². The van der Waals surface area contributed by atoms with Crippen molar-refractivity contribution in [3.63, 3.8) is 0 Å². The van der Waals surface area contributed by atoms with Gasteiger partial charge in [0, 0.05) is 64.2 Å². The molecule has 2 amide bonds. The number of amides is 2. The van der Waals surface area contributed by atoms with E-state index in [0.29, 0.717) is 18.9 Å². The molecule has 0 aromatic carbocycles. The second kappa shape index (κ2) is 9.48. The predicted molar refractivity (Wildman–Crippen MR) is 117 cm³/mol. The number of rotatable bonds is 6. The Kier molecular flexibility index (Phi) is 6.71. The monoisotopic (exact) mass is 430 g/mol. The lowest BCUT2D eigenvalue weighted by molar-refractivity contribution is -0.138. The number of nitrogens with zero attached hydrogens (tertiary/aromatic N) is 6. The van der Waals surface area contributed by atoms with Crippen molar-refractivity contribution in [1.82, 2.24) is 24.7 Å². The number of hydrogen-bond acceptors (Lipinski definition) is 6. The Morgan fingerprint density at radius 3 is 2.52 bits per heavy atom. The summed E-state index contributed by atoms with van der Waals surface area (Å²) in [5.74, 6) is -0.0898. The van der Waals surface area contributed by atoms with Gasteiger partial charge in [-0.15, -0.1) is 0 Å². The van der Waals surface area contributed by atoms with E-state index < -0.39 is 5.97 Å². The molecule has 0 saturated carbocycles. The Balaban J connectivity index is 1.37. The standard InChI is InChI=1S/C22H34N6O3/c1-3-25-8-6-18-19(7-9-25)24-20(15-23-18)28-13-12-27(22(28)31)17-4-10-26(11-5-17)16(2)14-21(29)30/h15-17H,3-14H2,1-2H3,(H,29,30). The molecule has 2 saturated heterocycles. The Labute approximate surface area is 184 Å². The summed E-state index contributed by atoms with van der Waals surface area (Å²) in [6.07, 6.45) is 5.47. The first kappa shape index (κ1) is 22.0. The summed E-state index contributed by atoms with van der Waals surface area (Å²) in [7, 11) is 0. The highest BCUT2D eigenvalue weighted by molar-refractivity contribution is 5.93. The van der Waals surface area contributed by atoms with Gasteiger partial charge in [0.05, 0.1) is 24.0 Å². The molecule has 4 rings (SSSR count). The van der Waals surface area contributed by atoms with E-state index in [1.165, 1.54) is 0 Å². The molecular weight excluding hydrogens is 396 g/mol. The van der Waals surface area contributed by atoms with Crippen molar-refractivity contribution in [2.75, 3.05) is 50.7 Å². The van der Waals surface area contributed by atoms with Crippen molar-refractivity contribution in [1.29, 1.82) is 0 Å². The maximum Gasteiger partial charge on any atom is 0.326 e. The molecule has 0 spiro atoms. The van der Waals surface area contributed by atoms with Gasteiger partial charge in [-0.25, -0.2) is 9.78 Å². The van der Waals surface area contributed by atoms with Crippen molar-refractivity contribution in [2.24, 2.45) is 0 Å². The average Bonchev–Trinajstić information content (AvgIpc) is 3.02. The lowest BCUT2D eigenvalue weighted by Crippen LogP contribution is -2.49. The zero-order valence-corrected chi connectivity index (χ0v) is 18.7. The van der Waals surface area contributed by atoms with Crippen molar-refractivity contribution >= 4 is 17.8 Å². The Morgan fingerprint density at radius 2 is 1.84 bits per heavy atom. The number of piperidine rings is 1. The molecule has 9 heteroatoms. The van der Waals surface area contributed by atoms with Gasteiger partial charge in [0.25, 0.3) is 0 Å². The number of carboxylic acid groups (broad SMARTS) is 1. The molecule has 1 aromatic heterocycles. The molecule has 4 heterocycles. The number of hydrogen-bond donors (Lipinski definition) is 1. The number of carboxylic acids is 1. The Hall–Kier alpha value is -2.26. The van der Waals surface area contributed by atoms with Gasteiger partial charge in [0.15, 0.2) is 5.82 Å². The van der Waals surface area contributed by atoms with E-state index in [-0.39, 0.29) is 24.5 Å². The molecule has 1 unspecified atom stereocenters. The minimum Gasteiger partial charge on any atom is -0.481 e. The Morgan fingerprint density at radius 1 is 1.13 bits per heavy atom. The fourth-order valence-corrected chi connectivity index (χ4v) is 5.06. The van der Waals surface area contributed by atoms with E-state index in [4.69, 9.17) is 10.1 Å². The minimum atomic E-state index is -0.760. The third-order valence-electron chi connectivity index (χ3n) is 7.05. The minimum absolute atomic E-state index is 0.0232. The largest absolute Gasteiger partial charge is 0.481 e. The molecule has 1 atom stereocenters. The number of aliphatic carboxylic acids is 1. The molecule has 2 fully saturated rings. The van der Waals surface area contributed by atoms with E-state index in [0.717, 1.165) is 69.8 Å². The first-order chi connectivity index (χ1) is 15.0. The van der Waals surface area contributed by atoms with Crippen LogP contribution in [0.25, 0.3) is 0 Å². The summed E-state index contributed by atoms with van der Waals surface area (Å²) in [5.41, 5.74) is 2.09. The number of aromatic nitrogens is 2. The number of anilines is 1. The van der Waals surface area contributed by atoms with Crippen LogP contribution in [0.1, 0.15) is 44.5 Å².